The lowest BCUT2D eigenvalue weighted by atomic mass is 10.1. The summed E-state index contributed by atoms with van der Waals surface area (Å²) in [5.41, 5.74) is 9.28. The molecule has 1 fully saturated rings. The molecular weight excluding hydrogens is 224 g/mol. The molecule has 0 unspecified atom stereocenters. The van der Waals surface area contributed by atoms with Crippen molar-refractivity contribution >= 4 is 22.3 Å². The largest absolute Gasteiger partial charge is 0.397 e. The molecule has 1 saturated carbocycles. The first-order valence-electron chi connectivity index (χ1n) is 6.79. The van der Waals surface area contributed by atoms with E-state index in [0.29, 0.717) is 6.04 Å². The van der Waals surface area contributed by atoms with Gasteiger partial charge in [-0.3, -0.25) is 5.10 Å². The molecule has 96 valence electrons. The topological polar surface area (TPSA) is 57.9 Å². The van der Waals surface area contributed by atoms with Crippen LogP contribution in [0.25, 0.3) is 10.9 Å². The zero-order chi connectivity index (χ0) is 12.5. The Morgan fingerprint density at radius 2 is 2.17 bits per heavy atom. The van der Waals surface area contributed by atoms with Crippen molar-refractivity contribution in [3.63, 3.8) is 0 Å². The summed E-state index contributed by atoms with van der Waals surface area (Å²) in [6, 6.07) is 4.81. The lowest BCUT2D eigenvalue weighted by molar-refractivity contribution is 0.621. The number of fused-ring (bicyclic) bond motifs is 1. The molecule has 0 atom stereocenters. The highest BCUT2D eigenvalue weighted by Crippen LogP contribution is 2.33. The van der Waals surface area contributed by atoms with Gasteiger partial charge in [-0.05, 0) is 31.9 Å². The van der Waals surface area contributed by atoms with E-state index in [1.54, 1.807) is 0 Å². The highest BCUT2D eigenvalue weighted by molar-refractivity contribution is 5.89. The zero-order valence-electron chi connectivity index (χ0n) is 10.8. The number of aromatic amines is 1. The van der Waals surface area contributed by atoms with E-state index in [1.165, 1.54) is 25.7 Å². The molecule has 1 aliphatic rings. The Morgan fingerprint density at radius 3 is 2.89 bits per heavy atom. The van der Waals surface area contributed by atoms with E-state index in [1.807, 2.05) is 12.3 Å². The third-order valence-corrected chi connectivity index (χ3v) is 4.00. The Morgan fingerprint density at radius 1 is 1.39 bits per heavy atom. The molecule has 0 saturated heterocycles. The van der Waals surface area contributed by atoms with Crippen molar-refractivity contribution in [3.8, 4) is 0 Å². The van der Waals surface area contributed by atoms with E-state index < -0.39 is 0 Å². The number of nitrogens with two attached hydrogens (primary N) is 1. The number of aromatic nitrogens is 2. The molecule has 18 heavy (non-hydrogen) atoms. The third kappa shape index (κ3) is 1.82. The summed E-state index contributed by atoms with van der Waals surface area (Å²) in [4.78, 5) is 2.45. The van der Waals surface area contributed by atoms with Crippen LogP contribution in [0.15, 0.2) is 18.3 Å². The average molecular weight is 244 g/mol. The van der Waals surface area contributed by atoms with Crippen LogP contribution in [-0.2, 0) is 0 Å². The van der Waals surface area contributed by atoms with Gasteiger partial charge in [-0.1, -0.05) is 12.8 Å². The van der Waals surface area contributed by atoms with E-state index in [4.69, 9.17) is 5.73 Å². The van der Waals surface area contributed by atoms with E-state index in [2.05, 4.69) is 28.1 Å². The Hall–Kier alpha value is -1.71. The molecule has 0 spiro atoms. The number of benzene rings is 1. The predicted octanol–water partition coefficient (Wildman–Crippen LogP) is 2.91. The van der Waals surface area contributed by atoms with Gasteiger partial charge in [-0.25, -0.2) is 0 Å². The lowest BCUT2D eigenvalue weighted by Gasteiger charge is -2.31. The molecule has 2 aromatic rings. The SMILES string of the molecule is CCN(c1cc2[nH]ncc2cc1N)C1CCCC1. The van der Waals surface area contributed by atoms with Gasteiger partial charge in [0.1, 0.15) is 0 Å². The van der Waals surface area contributed by atoms with Crippen LogP contribution in [0, 0.1) is 0 Å². The minimum Gasteiger partial charge on any atom is -0.397 e. The second kappa shape index (κ2) is 4.52. The molecule has 1 heterocycles. The maximum Gasteiger partial charge on any atom is 0.0672 e. The predicted molar refractivity (Wildman–Crippen MR) is 75.8 cm³/mol. The van der Waals surface area contributed by atoms with Gasteiger partial charge >= 0.3 is 0 Å². The number of nitrogen functional groups attached to an aromatic ring is 1. The van der Waals surface area contributed by atoms with Crippen molar-refractivity contribution in [2.24, 2.45) is 0 Å². The molecule has 0 bridgehead atoms. The Labute approximate surface area is 107 Å². The van der Waals surface area contributed by atoms with Crippen LogP contribution in [0.1, 0.15) is 32.6 Å². The molecular formula is C14H20N4. The molecule has 1 aromatic heterocycles. The fourth-order valence-corrected chi connectivity index (χ4v) is 3.09. The summed E-state index contributed by atoms with van der Waals surface area (Å²) < 4.78 is 0. The molecule has 1 aromatic carbocycles. The third-order valence-electron chi connectivity index (χ3n) is 4.00. The summed E-state index contributed by atoms with van der Waals surface area (Å²) in [5.74, 6) is 0. The van der Waals surface area contributed by atoms with Crippen LogP contribution >= 0.6 is 0 Å². The number of hydrogen-bond donors (Lipinski definition) is 2. The molecule has 0 aliphatic heterocycles. The van der Waals surface area contributed by atoms with Gasteiger partial charge in [-0.2, -0.15) is 5.10 Å². The molecule has 0 amide bonds. The number of rotatable bonds is 3. The van der Waals surface area contributed by atoms with Crippen LogP contribution in [0.5, 0.6) is 0 Å². The van der Waals surface area contributed by atoms with Crippen LogP contribution in [-0.4, -0.2) is 22.8 Å². The highest BCUT2D eigenvalue weighted by atomic mass is 15.2. The van der Waals surface area contributed by atoms with Crippen LogP contribution in [0.2, 0.25) is 0 Å². The number of hydrogen-bond acceptors (Lipinski definition) is 3. The average Bonchev–Trinajstić information content (AvgIpc) is 3.01. The van der Waals surface area contributed by atoms with Crippen molar-refractivity contribution in [3.05, 3.63) is 18.3 Å². The van der Waals surface area contributed by atoms with Crippen molar-refractivity contribution in [1.29, 1.82) is 0 Å². The molecule has 4 heteroatoms. The van der Waals surface area contributed by atoms with E-state index >= 15 is 0 Å². The van der Waals surface area contributed by atoms with Gasteiger partial charge in [0.05, 0.1) is 23.1 Å². The Kier molecular flexibility index (Phi) is 2.86. The number of anilines is 2. The molecule has 0 radical (unpaired) electrons. The van der Waals surface area contributed by atoms with Crippen molar-refractivity contribution < 1.29 is 0 Å². The summed E-state index contributed by atoms with van der Waals surface area (Å²) in [7, 11) is 0. The maximum absolute atomic E-state index is 6.21. The zero-order valence-corrected chi connectivity index (χ0v) is 10.8. The van der Waals surface area contributed by atoms with Gasteiger partial charge in [0.25, 0.3) is 0 Å². The molecule has 4 nitrogen and oxygen atoms in total. The smallest absolute Gasteiger partial charge is 0.0672 e. The number of nitrogens with one attached hydrogen (secondary N) is 1. The van der Waals surface area contributed by atoms with E-state index in [0.717, 1.165) is 28.8 Å². The van der Waals surface area contributed by atoms with Gasteiger partial charge in [0, 0.05) is 18.0 Å². The van der Waals surface area contributed by atoms with E-state index in [-0.39, 0.29) is 0 Å². The summed E-state index contributed by atoms with van der Waals surface area (Å²) in [6.07, 6.45) is 7.07. The van der Waals surface area contributed by atoms with Crippen molar-refractivity contribution in [2.75, 3.05) is 17.2 Å². The first-order chi connectivity index (χ1) is 8.79. The van der Waals surface area contributed by atoms with Gasteiger partial charge in [-0.15, -0.1) is 0 Å². The van der Waals surface area contributed by atoms with Crippen molar-refractivity contribution in [2.45, 2.75) is 38.6 Å². The monoisotopic (exact) mass is 244 g/mol. The molecule has 3 rings (SSSR count). The summed E-state index contributed by atoms with van der Waals surface area (Å²) in [5, 5.41) is 8.17. The van der Waals surface area contributed by atoms with Gasteiger partial charge in [0.15, 0.2) is 0 Å². The minimum atomic E-state index is 0.651. The number of H-pyrrole nitrogens is 1. The van der Waals surface area contributed by atoms with Crippen LogP contribution in [0.3, 0.4) is 0 Å². The lowest BCUT2D eigenvalue weighted by Crippen LogP contribution is -2.33. The van der Waals surface area contributed by atoms with Crippen molar-refractivity contribution in [1.82, 2.24) is 10.2 Å². The maximum atomic E-state index is 6.21. The number of nitrogens with zero attached hydrogens (tertiary/aromatic N) is 2. The van der Waals surface area contributed by atoms with Gasteiger partial charge < -0.3 is 10.6 Å². The Balaban J connectivity index is 2.02. The minimum absolute atomic E-state index is 0.651. The first kappa shape index (κ1) is 11.4. The molecule has 3 N–H and O–H groups in total. The van der Waals surface area contributed by atoms with Crippen LogP contribution in [0.4, 0.5) is 11.4 Å². The van der Waals surface area contributed by atoms with E-state index in [9.17, 15) is 0 Å². The van der Waals surface area contributed by atoms with Crippen LogP contribution < -0.4 is 10.6 Å². The first-order valence-corrected chi connectivity index (χ1v) is 6.79. The highest BCUT2D eigenvalue weighted by Gasteiger charge is 2.23. The summed E-state index contributed by atoms with van der Waals surface area (Å²) in [6.45, 7) is 3.21. The Bertz CT molecular complexity index is 540. The second-order valence-electron chi connectivity index (χ2n) is 5.09. The quantitative estimate of drug-likeness (QED) is 0.816. The standard InChI is InChI=1S/C14H20N4/c1-2-18(11-5-3-4-6-11)14-8-13-10(7-12(14)15)9-16-17-13/h7-9,11H,2-6,15H2,1H3,(H,16,17). The summed E-state index contributed by atoms with van der Waals surface area (Å²) >= 11 is 0. The molecule has 1 aliphatic carbocycles. The fraction of sp³-hybridized carbons (Fsp3) is 0.500. The normalized spacial score (nSPS) is 16.5. The van der Waals surface area contributed by atoms with Gasteiger partial charge in [0.2, 0.25) is 0 Å². The second-order valence-corrected chi connectivity index (χ2v) is 5.09. The fourth-order valence-electron chi connectivity index (χ4n) is 3.09.